The SMILES string of the molecule is NCC(Nc1ccc(Br)cc1[N+](=O)[O-])C1CCCCC1. The molecule has 0 bridgehead atoms. The minimum Gasteiger partial charge on any atom is -0.375 e. The zero-order valence-corrected chi connectivity index (χ0v) is 12.9. The van der Waals surface area contributed by atoms with Gasteiger partial charge >= 0.3 is 0 Å². The lowest BCUT2D eigenvalue weighted by Crippen LogP contribution is -2.37. The van der Waals surface area contributed by atoms with Gasteiger partial charge in [-0.2, -0.15) is 0 Å². The van der Waals surface area contributed by atoms with Gasteiger partial charge in [-0.3, -0.25) is 10.1 Å². The summed E-state index contributed by atoms with van der Waals surface area (Å²) in [6, 6.07) is 5.18. The van der Waals surface area contributed by atoms with Crippen LogP contribution in [0.25, 0.3) is 0 Å². The third-order valence-corrected chi connectivity index (χ3v) is 4.46. The zero-order valence-electron chi connectivity index (χ0n) is 11.3. The number of nitrogens with two attached hydrogens (primary N) is 1. The molecule has 1 aromatic rings. The van der Waals surface area contributed by atoms with E-state index >= 15 is 0 Å². The van der Waals surface area contributed by atoms with E-state index < -0.39 is 0 Å². The second-order valence-electron chi connectivity index (χ2n) is 5.30. The van der Waals surface area contributed by atoms with Crippen molar-refractivity contribution in [3.8, 4) is 0 Å². The molecule has 1 unspecified atom stereocenters. The van der Waals surface area contributed by atoms with Gasteiger partial charge in [0.1, 0.15) is 5.69 Å². The normalized spacial score (nSPS) is 17.7. The number of nitro groups is 1. The van der Waals surface area contributed by atoms with E-state index in [4.69, 9.17) is 5.73 Å². The number of halogens is 1. The maximum Gasteiger partial charge on any atom is 0.293 e. The number of benzene rings is 1. The molecule has 2 rings (SSSR count). The number of nitrogens with zero attached hydrogens (tertiary/aromatic N) is 1. The van der Waals surface area contributed by atoms with Gasteiger partial charge in [-0.05, 0) is 30.9 Å². The van der Waals surface area contributed by atoms with E-state index in [1.807, 2.05) is 6.07 Å². The predicted octanol–water partition coefficient (Wildman–Crippen LogP) is 3.68. The summed E-state index contributed by atoms with van der Waals surface area (Å²) in [6.45, 7) is 0.498. The number of anilines is 1. The molecule has 6 heteroatoms. The van der Waals surface area contributed by atoms with Crippen molar-refractivity contribution in [3.05, 3.63) is 32.8 Å². The molecule has 0 radical (unpaired) electrons. The highest BCUT2D eigenvalue weighted by atomic mass is 79.9. The van der Waals surface area contributed by atoms with Crippen molar-refractivity contribution in [2.75, 3.05) is 11.9 Å². The van der Waals surface area contributed by atoms with Crippen molar-refractivity contribution in [3.63, 3.8) is 0 Å². The Morgan fingerprint density at radius 3 is 2.70 bits per heavy atom. The molecule has 1 atom stereocenters. The van der Waals surface area contributed by atoms with Crippen LogP contribution in [0.5, 0.6) is 0 Å². The van der Waals surface area contributed by atoms with E-state index in [0.717, 1.165) is 12.8 Å². The van der Waals surface area contributed by atoms with Crippen LogP contribution in [0.15, 0.2) is 22.7 Å². The van der Waals surface area contributed by atoms with Crippen molar-refractivity contribution in [1.29, 1.82) is 0 Å². The van der Waals surface area contributed by atoms with E-state index in [2.05, 4.69) is 21.2 Å². The minimum absolute atomic E-state index is 0.0913. The Hall–Kier alpha value is -1.14. The van der Waals surface area contributed by atoms with Crippen molar-refractivity contribution >= 4 is 27.3 Å². The second-order valence-corrected chi connectivity index (χ2v) is 6.22. The van der Waals surface area contributed by atoms with E-state index in [0.29, 0.717) is 22.6 Å². The van der Waals surface area contributed by atoms with Gasteiger partial charge < -0.3 is 11.1 Å². The molecule has 0 aromatic heterocycles. The summed E-state index contributed by atoms with van der Waals surface area (Å²) >= 11 is 3.27. The Bertz CT molecular complexity index is 475. The number of hydrogen-bond donors (Lipinski definition) is 2. The fourth-order valence-electron chi connectivity index (χ4n) is 2.88. The van der Waals surface area contributed by atoms with Crippen LogP contribution < -0.4 is 11.1 Å². The summed E-state index contributed by atoms with van der Waals surface area (Å²) in [6.07, 6.45) is 6.04. The molecular weight excluding hydrogens is 322 g/mol. The standard InChI is InChI=1S/C14H20BrN3O2/c15-11-6-7-12(14(8-11)18(19)20)17-13(9-16)10-4-2-1-3-5-10/h6-8,10,13,17H,1-5,9,16H2. The fraction of sp³-hybridized carbons (Fsp3) is 0.571. The Morgan fingerprint density at radius 1 is 1.40 bits per heavy atom. The molecule has 5 nitrogen and oxygen atoms in total. The van der Waals surface area contributed by atoms with Crippen LogP contribution >= 0.6 is 15.9 Å². The van der Waals surface area contributed by atoms with Gasteiger partial charge in [-0.25, -0.2) is 0 Å². The monoisotopic (exact) mass is 341 g/mol. The van der Waals surface area contributed by atoms with Gasteiger partial charge in [0, 0.05) is 23.1 Å². The van der Waals surface area contributed by atoms with E-state index in [9.17, 15) is 10.1 Å². The zero-order chi connectivity index (χ0) is 14.5. The number of nitrogens with one attached hydrogen (secondary N) is 1. The molecule has 3 N–H and O–H groups in total. The molecule has 1 saturated carbocycles. The summed E-state index contributed by atoms with van der Waals surface area (Å²) in [5, 5.41) is 14.4. The summed E-state index contributed by atoms with van der Waals surface area (Å²) in [5.74, 6) is 0.511. The van der Waals surface area contributed by atoms with Gasteiger partial charge in [0.25, 0.3) is 5.69 Å². The highest BCUT2D eigenvalue weighted by molar-refractivity contribution is 9.10. The number of rotatable bonds is 5. The van der Waals surface area contributed by atoms with Crippen LogP contribution in [0, 0.1) is 16.0 Å². The van der Waals surface area contributed by atoms with Crippen LogP contribution in [-0.2, 0) is 0 Å². The topological polar surface area (TPSA) is 81.2 Å². The Morgan fingerprint density at radius 2 is 2.10 bits per heavy atom. The molecule has 1 aliphatic carbocycles. The fourth-order valence-corrected chi connectivity index (χ4v) is 3.23. The van der Waals surface area contributed by atoms with Gasteiger partial charge in [0.05, 0.1) is 4.92 Å². The average Bonchev–Trinajstić information content (AvgIpc) is 2.46. The molecule has 0 aliphatic heterocycles. The summed E-state index contributed by atoms with van der Waals surface area (Å²) < 4.78 is 0.705. The van der Waals surface area contributed by atoms with Crippen LogP contribution in [-0.4, -0.2) is 17.5 Å². The van der Waals surface area contributed by atoms with Crippen LogP contribution in [0.2, 0.25) is 0 Å². The van der Waals surface area contributed by atoms with Gasteiger partial charge in [0.15, 0.2) is 0 Å². The van der Waals surface area contributed by atoms with Crippen molar-refractivity contribution < 1.29 is 4.92 Å². The summed E-state index contributed by atoms with van der Waals surface area (Å²) in [7, 11) is 0. The lowest BCUT2D eigenvalue weighted by molar-refractivity contribution is -0.384. The van der Waals surface area contributed by atoms with Gasteiger partial charge in [-0.15, -0.1) is 0 Å². The first kappa shape index (κ1) is 15.3. The first-order chi connectivity index (χ1) is 9.61. The first-order valence-corrected chi connectivity index (χ1v) is 7.81. The summed E-state index contributed by atoms with van der Waals surface area (Å²) in [5.41, 5.74) is 6.51. The Kier molecular flexibility index (Phi) is 5.37. The molecule has 0 amide bonds. The van der Waals surface area contributed by atoms with Crippen LogP contribution in [0.3, 0.4) is 0 Å². The van der Waals surface area contributed by atoms with Crippen LogP contribution in [0.1, 0.15) is 32.1 Å². The van der Waals surface area contributed by atoms with Crippen molar-refractivity contribution in [1.82, 2.24) is 0 Å². The number of hydrogen-bond acceptors (Lipinski definition) is 4. The van der Waals surface area contributed by atoms with Crippen LogP contribution in [0.4, 0.5) is 11.4 Å². The summed E-state index contributed by atoms with van der Waals surface area (Å²) in [4.78, 5) is 10.8. The van der Waals surface area contributed by atoms with E-state index in [1.54, 1.807) is 6.07 Å². The maximum atomic E-state index is 11.1. The third-order valence-electron chi connectivity index (χ3n) is 3.97. The lowest BCUT2D eigenvalue weighted by Gasteiger charge is -2.30. The molecule has 1 fully saturated rings. The molecular formula is C14H20BrN3O2. The van der Waals surface area contributed by atoms with E-state index in [-0.39, 0.29) is 16.7 Å². The molecule has 0 saturated heterocycles. The maximum absolute atomic E-state index is 11.1. The number of nitro benzene ring substituents is 1. The molecule has 110 valence electrons. The van der Waals surface area contributed by atoms with Crippen molar-refractivity contribution in [2.24, 2.45) is 11.7 Å². The Balaban J connectivity index is 2.16. The highest BCUT2D eigenvalue weighted by Crippen LogP contribution is 2.32. The first-order valence-electron chi connectivity index (χ1n) is 7.02. The minimum atomic E-state index is -0.360. The predicted molar refractivity (Wildman–Crippen MR) is 83.8 cm³/mol. The largest absolute Gasteiger partial charge is 0.375 e. The average molecular weight is 342 g/mol. The molecule has 1 aromatic carbocycles. The lowest BCUT2D eigenvalue weighted by atomic mass is 9.84. The highest BCUT2D eigenvalue weighted by Gasteiger charge is 2.25. The van der Waals surface area contributed by atoms with E-state index in [1.165, 1.54) is 25.3 Å². The second kappa shape index (κ2) is 7.04. The molecule has 20 heavy (non-hydrogen) atoms. The smallest absolute Gasteiger partial charge is 0.293 e. The molecule has 0 heterocycles. The van der Waals surface area contributed by atoms with Gasteiger partial charge in [0.2, 0.25) is 0 Å². The Labute approximate surface area is 127 Å². The molecule has 0 spiro atoms. The quantitative estimate of drug-likeness (QED) is 0.632. The molecule has 1 aliphatic rings. The third kappa shape index (κ3) is 3.70. The van der Waals surface area contributed by atoms with Crippen molar-refractivity contribution in [2.45, 2.75) is 38.1 Å². The van der Waals surface area contributed by atoms with Gasteiger partial charge in [-0.1, -0.05) is 35.2 Å².